The lowest BCUT2D eigenvalue weighted by Crippen LogP contribution is -2.54. The molecular formula is C32H36O10. The molecule has 0 unspecified atom stereocenters. The van der Waals surface area contributed by atoms with Crippen molar-refractivity contribution in [2.75, 3.05) is 13.2 Å². The third kappa shape index (κ3) is 3.57. The van der Waals surface area contributed by atoms with Crippen molar-refractivity contribution in [2.24, 2.45) is 33.5 Å². The van der Waals surface area contributed by atoms with Gasteiger partial charge in [-0.2, -0.15) is 0 Å². The van der Waals surface area contributed by atoms with E-state index in [0.717, 1.165) is 22.3 Å². The molecule has 224 valence electrons. The highest BCUT2D eigenvalue weighted by atomic mass is 16.6. The van der Waals surface area contributed by atoms with Gasteiger partial charge in [-0.25, -0.2) is 9.59 Å². The zero-order valence-corrected chi connectivity index (χ0v) is 24.2. The zero-order chi connectivity index (χ0) is 30.0. The summed E-state index contributed by atoms with van der Waals surface area (Å²) >= 11 is 0. The number of fused-ring (bicyclic) bond motifs is 4. The number of carbonyl (C=O) groups is 4. The van der Waals surface area contributed by atoms with Crippen molar-refractivity contribution in [1.29, 1.82) is 0 Å². The topological polar surface area (TPSA) is 146 Å². The molecule has 0 aromatic rings. The van der Waals surface area contributed by atoms with Gasteiger partial charge < -0.3 is 29.2 Å². The van der Waals surface area contributed by atoms with Crippen LogP contribution in [0.2, 0.25) is 0 Å². The minimum absolute atomic E-state index is 0.0400. The Kier molecular flexibility index (Phi) is 5.69. The first-order valence-electron chi connectivity index (χ1n) is 14.7. The van der Waals surface area contributed by atoms with Crippen LogP contribution in [0.1, 0.15) is 53.4 Å². The van der Waals surface area contributed by atoms with Gasteiger partial charge in [0.1, 0.15) is 25.4 Å². The van der Waals surface area contributed by atoms with E-state index in [1.54, 1.807) is 0 Å². The van der Waals surface area contributed by atoms with E-state index in [1.165, 1.54) is 12.2 Å². The summed E-state index contributed by atoms with van der Waals surface area (Å²) in [4.78, 5) is 48.0. The van der Waals surface area contributed by atoms with E-state index in [4.69, 9.17) is 18.9 Å². The van der Waals surface area contributed by atoms with Gasteiger partial charge in [-0.05, 0) is 74.0 Å². The third-order valence-corrected chi connectivity index (χ3v) is 11.4. The van der Waals surface area contributed by atoms with E-state index in [2.05, 4.69) is 0 Å². The monoisotopic (exact) mass is 580 g/mol. The Labute approximate surface area is 243 Å². The van der Waals surface area contributed by atoms with Crippen LogP contribution < -0.4 is 0 Å². The average molecular weight is 581 g/mol. The van der Waals surface area contributed by atoms with Gasteiger partial charge in [-0.1, -0.05) is 13.8 Å². The summed E-state index contributed by atoms with van der Waals surface area (Å²) < 4.78 is 21.3. The number of esters is 4. The van der Waals surface area contributed by atoms with Gasteiger partial charge in [0.05, 0.1) is 23.0 Å². The van der Waals surface area contributed by atoms with Gasteiger partial charge in [0, 0.05) is 34.8 Å². The minimum Gasteiger partial charge on any atom is -0.458 e. The van der Waals surface area contributed by atoms with Gasteiger partial charge in [0.25, 0.3) is 0 Å². The Hall–Kier alpha value is -3.24. The van der Waals surface area contributed by atoms with Crippen molar-refractivity contribution >= 4 is 23.9 Å². The highest BCUT2D eigenvalue weighted by Gasteiger charge is 2.68. The number of carbonyl (C=O) groups excluding carboxylic acids is 4. The number of ether oxygens (including phenoxy) is 4. The van der Waals surface area contributed by atoms with Gasteiger partial charge in [-0.15, -0.1) is 0 Å². The Balaban J connectivity index is 0.000000137. The maximum atomic E-state index is 12.4. The molecule has 2 N–H and O–H groups in total. The summed E-state index contributed by atoms with van der Waals surface area (Å²) in [5, 5.41) is 20.6. The average Bonchev–Trinajstić information content (AvgIpc) is 3.29. The summed E-state index contributed by atoms with van der Waals surface area (Å²) in [7, 11) is 0. The minimum atomic E-state index is -0.693. The maximum Gasteiger partial charge on any atom is 0.331 e. The summed E-state index contributed by atoms with van der Waals surface area (Å²) in [5.74, 6) is -1.28. The number of rotatable bonds is 0. The molecule has 0 spiro atoms. The number of hydrogen-bond donors (Lipinski definition) is 2. The summed E-state index contributed by atoms with van der Waals surface area (Å²) in [6.45, 7) is 8.25. The Bertz CT molecular complexity index is 1340. The van der Waals surface area contributed by atoms with E-state index < -0.39 is 33.9 Å². The zero-order valence-electron chi connectivity index (χ0n) is 24.2. The molecule has 2 saturated carbocycles. The van der Waals surface area contributed by atoms with Crippen LogP contribution >= 0.6 is 0 Å². The summed E-state index contributed by atoms with van der Waals surface area (Å²) in [5.41, 5.74) is 1.36. The molecule has 10 heteroatoms. The lowest BCUT2D eigenvalue weighted by molar-refractivity contribution is -0.151. The van der Waals surface area contributed by atoms with E-state index in [9.17, 15) is 29.4 Å². The molecule has 8 rings (SSSR count). The van der Waals surface area contributed by atoms with Gasteiger partial charge in [-0.3, -0.25) is 9.59 Å². The molecule has 8 aliphatic rings. The largest absolute Gasteiger partial charge is 0.458 e. The second kappa shape index (κ2) is 8.66. The van der Waals surface area contributed by atoms with Crippen molar-refractivity contribution in [3.63, 3.8) is 0 Å². The Morgan fingerprint density at radius 2 is 0.976 bits per heavy atom. The van der Waals surface area contributed by atoms with Crippen LogP contribution in [0.5, 0.6) is 0 Å². The SMILES string of the molecule is C[C@]12C[C@H](O)C[C@@]3(C)C4=CC(=O)OCC4=C[C@H](OC1=O)[C@H]23.C[C@]12C[C@H](O)C[C@@]3(C)C4=CC(=O)OCC4=C[C@H](OC1=O)[C@H]23. The number of aliphatic hydroxyl groups is 2. The smallest absolute Gasteiger partial charge is 0.331 e. The number of aliphatic hydroxyl groups excluding tert-OH is 2. The van der Waals surface area contributed by atoms with Gasteiger partial charge >= 0.3 is 23.9 Å². The second-order valence-electron chi connectivity index (χ2n) is 14.2. The molecule has 0 amide bonds. The van der Waals surface area contributed by atoms with Crippen LogP contribution in [0.15, 0.2) is 46.6 Å². The quantitative estimate of drug-likeness (QED) is 0.323. The second-order valence-corrected chi connectivity index (χ2v) is 14.2. The summed E-state index contributed by atoms with van der Waals surface area (Å²) in [6, 6.07) is 0. The molecule has 4 aliphatic carbocycles. The number of cyclic esters (lactones) is 2. The molecular weight excluding hydrogens is 544 g/mol. The molecule has 4 aliphatic heterocycles. The standard InChI is InChI=1S/2C16H18O5/c2*1-15-5-9(17)6-16(2)13(15)11(21-14(16)19)3-8-7-20-12(18)4-10(8)15/h2*3-4,9,11,13,17H,5-7H2,1-2H3/t2*9-,11+,13+,15+,16-/m11/s1. The third-order valence-electron chi connectivity index (χ3n) is 11.4. The predicted octanol–water partition coefficient (Wildman–Crippen LogP) is 2.24. The van der Waals surface area contributed by atoms with Gasteiger partial charge in [0.15, 0.2) is 0 Å². The van der Waals surface area contributed by atoms with E-state index in [-0.39, 0.29) is 61.1 Å². The molecule has 10 atom stereocenters. The fraction of sp³-hybridized carbons (Fsp3) is 0.625. The van der Waals surface area contributed by atoms with Crippen LogP contribution in [-0.4, -0.2) is 71.7 Å². The molecule has 4 heterocycles. The highest BCUT2D eigenvalue weighted by Crippen LogP contribution is 2.65. The van der Waals surface area contributed by atoms with Crippen molar-refractivity contribution in [1.82, 2.24) is 0 Å². The molecule has 0 aromatic carbocycles. The van der Waals surface area contributed by atoms with Crippen LogP contribution in [0.25, 0.3) is 0 Å². The van der Waals surface area contributed by atoms with Crippen molar-refractivity contribution < 1.29 is 48.3 Å². The lowest BCUT2D eigenvalue weighted by atomic mass is 9.49. The molecule has 4 fully saturated rings. The molecule has 0 radical (unpaired) electrons. The highest BCUT2D eigenvalue weighted by molar-refractivity contribution is 5.88. The molecule has 2 saturated heterocycles. The molecule has 0 aromatic heterocycles. The van der Waals surface area contributed by atoms with Crippen LogP contribution in [-0.2, 0) is 38.1 Å². The van der Waals surface area contributed by atoms with Crippen LogP contribution in [0.4, 0.5) is 0 Å². The first kappa shape index (κ1) is 27.6. The van der Waals surface area contributed by atoms with E-state index in [0.29, 0.717) is 25.7 Å². The normalized spacial score (nSPS) is 47.7. The fourth-order valence-corrected chi connectivity index (χ4v) is 10.0. The predicted molar refractivity (Wildman–Crippen MR) is 144 cm³/mol. The fourth-order valence-electron chi connectivity index (χ4n) is 10.0. The number of hydrogen-bond acceptors (Lipinski definition) is 10. The van der Waals surface area contributed by atoms with Crippen molar-refractivity contribution in [3.8, 4) is 0 Å². The maximum absolute atomic E-state index is 12.4. The van der Waals surface area contributed by atoms with Crippen molar-refractivity contribution in [2.45, 2.75) is 77.8 Å². The van der Waals surface area contributed by atoms with Gasteiger partial charge in [0.2, 0.25) is 0 Å². The Morgan fingerprint density at radius 1 is 0.619 bits per heavy atom. The van der Waals surface area contributed by atoms with E-state index >= 15 is 0 Å². The lowest BCUT2D eigenvalue weighted by Gasteiger charge is -2.53. The summed E-state index contributed by atoms with van der Waals surface area (Å²) in [6.07, 6.45) is 7.09. The molecule has 42 heavy (non-hydrogen) atoms. The van der Waals surface area contributed by atoms with Crippen LogP contribution in [0, 0.1) is 33.5 Å². The first-order chi connectivity index (χ1) is 19.7. The first-order valence-corrected chi connectivity index (χ1v) is 14.7. The van der Waals surface area contributed by atoms with Crippen LogP contribution in [0.3, 0.4) is 0 Å². The molecule has 0 bridgehead atoms. The van der Waals surface area contributed by atoms with E-state index in [1.807, 2.05) is 39.8 Å². The molecule has 10 nitrogen and oxygen atoms in total. The Morgan fingerprint density at radius 3 is 1.36 bits per heavy atom. The van der Waals surface area contributed by atoms with Crippen molar-refractivity contribution in [3.05, 3.63) is 46.6 Å².